The highest BCUT2D eigenvalue weighted by atomic mass is 16.5. The summed E-state index contributed by atoms with van der Waals surface area (Å²) < 4.78 is 27.3. The summed E-state index contributed by atoms with van der Waals surface area (Å²) >= 11 is 0. The van der Waals surface area contributed by atoms with Gasteiger partial charge in [-0.1, -0.05) is 24.3 Å². The van der Waals surface area contributed by atoms with Crippen molar-refractivity contribution in [1.82, 2.24) is 0 Å². The average molecular weight is 465 g/mol. The Morgan fingerprint density at radius 2 is 1.03 bits per heavy atom. The van der Waals surface area contributed by atoms with Gasteiger partial charge in [0.1, 0.15) is 39.9 Å². The summed E-state index contributed by atoms with van der Waals surface area (Å²) in [6.07, 6.45) is 0. The molecule has 178 valence electrons. The molecule has 34 heavy (non-hydrogen) atoms. The van der Waals surface area contributed by atoms with E-state index in [0.717, 1.165) is 11.1 Å². The topological polar surface area (TPSA) is 80.3 Å². The molecule has 0 unspecified atom stereocenters. The molecule has 0 atom stereocenters. The summed E-state index contributed by atoms with van der Waals surface area (Å²) in [6.45, 7) is 3.71. The number of carbonyl (C=O) groups is 2. The van der Waals surface area contributed by atoms with Crippen molar-refractivity contribution in [3.05, 3.63) is 75.8 Å². The Hall–Kier alpha value is -4.00. The van der Waals surface area contributed by atoms with Crippen molar-refractivity contribution in [1.29, 1.82) is 0 Å². The molecule has 0 heterocycles. The van der Waals surface area contributed by atoms with Crippen LogP contribution in [0.3, 0.4) is 0 Å². The zero-order chi connectivity index (χ0) is 25.0. The highest BCUT2D eigenvalue weighted by molar-refractivity contribution is 6.22. The van der Waals surface area contributed by atoms with Crippen molar-refractivity contribution in [2.45, 2.75) is 13.8 Å². The Labute approximate surface area is 199 Å². The minimum absolute atomic E-state index is 0.186. The number of methoxy groups -OCH3 is 5. The number of carbonyl (C=O) groups excluding carboxylic acids is 2. The fourth-order valence-electron chi connectivity index (χ4n) is 4.06. The minimum Gasteiger partial charge on any atom is -0.496 e. The summed E-state index contributed by atoms with van der Waals surface area (Å²) in [7, 11) is 7.41. The van der Waals surface area contributed by atoms with Gasteiger partial charge in [0.05, 0.1) is 35.5 Å². The predicted molar refractivity (Wildman–Crippen MR) is 128 cm³/mol. The summed E-state index contributed by atoms with van der Waals surface area (Å²) in [4.78, 5) is 27.7. The number of ether oxygens (including phenoxy) is 5. The lowest BCUT2D eigenvalue weighted by atomic mass is 9.90. The molecule has 0 fully saturated rings. The molecule has 7 heteroatoms. The second-order valence-corrected chi connectivity index (χ2v) is 7.56. The van der Waals surface area contributed by atoms with Crippen LogP contribution < -0.4 is 23.7 Å². The fourth-order valence-corrected chi connectivity index (χ4v) is 4.06. The van der Waals surface area contributed by atoms with Crippen LogP contribution in [0.4, 0.5) is 0 Å². The van der Waals surface area contributed by atoms with Crippen LogP contribution in [-0.4, -0.2) is 47.1 Å². The zero-order valence-electron chi connectivity index (χ0n) is 20.4. The van der Waals surface area contributed by atoms with Crippen LogP contribution >= 0.6 is 0 Å². The van der Waals surface area contributed by atoms with E-state index < -0.39 is 11.6 Å². The molecule has 3 rings (SSSR count). The smallest absolute Gasteiger partial charge is 0.201 e. The largest absolute Gasteiger partial charge is 0.496 e. The Morgan fingerprint density at radius 1 is 0.588 bits per heavy atom. The average Bonchev–Trinajstić information content (AvgIpc) is 2.86. The Balaban J connectivity index is 2.25. The fraction of sp³-hybridized carbons (Fsp3) is 0.259. The van der Waals surface area contributed by atoms with Gasteiger partial charge in [0.15, 0.2) is 0 Å². The maximum Gasteiger partial charge on any atom is 0.201 e. The summed E-state index contributed by atoms with van der Waals surface area (Å²) in [5.74, 6) is 0.983. The predicted octanol–water partition coefficient (Wildman–Crippen LogP) is 4.81. The molecule has 3 aromatic carbocycles. The molecule has 7 nitrogen and oxygen atoms in total. The molecule has 0 aromatic heterocycles. The SMILES string of the molecule is COc1cc(OC)c(C(=O)c2ccccc2C(=O)c2c(OC)c(C)cc(C)c2OC)c(OC)c1. The normalized spacial score (nSPS) is 10.4. The highest BCUT2D eigenvalue weighted by Crippen LogP contribution is 2.39. The van der Waals surface area contributed by atoms with Crippen LogP contribution in [0.25, 0.3) is 0 Å². The maximum atomic E-state index is 13.9. The van der Waals surface area contributed by atoms with Crippen LogP contribution in [-0.2, 0) is 0 Å². The van der Waals surface area contributed by atoms with Crippen molar-refractivity contribution >= 4 is 11.6 Å². The Morgan fingerprint density at radius 3 is 1.41 bits per heavy atom. The molecule has 0 spiro atoms. The Bertz CT molecular complexity index is 1190. The number of rotatable bonds is 9. The first-order chi connectivity index (χ1) is 16.3. The molecule has 0 aliphatic carbocycles. The van der Waals surface area contributed by atoms with E-state index in [0.29, 0.717) is 17.2 Å². The third kappa shape index (κ3) is 4.29. The second-order valence-electron chi connectivity index (χ2n) is 7.56. The molecular weight excluding hydrogens is 436 g/mol. The van der Waals surface area contributed by atoms with E-state index in [9.17, 15) is 9.59 Å². The van der Waals surface area contributed by atoms with Gasteiger partial charge in [0, 0.05) is 23.3 Å². The molecule has 0 amide bonds. The van der Waals surface area contributed by atoms with Gasteiger partial charge in [-0.05, 0) is 31.0 Å². The lowest BCUT2D eigenvalue weighted by molar-refractivity contribution is 0.0996. The molecule has 0 saturated carbocycles. The van der Waals surface area contributed by atoms with Crippen molar-refractivity contribution in [3.63, 3.8) is 0 Å². The van der Waals surface area contributed by atoms with Crippen molar-refractivity contribution in [3.8, 4) is 28.7 Å². The van der Waals surface area contributed by atoms with E-state index in [1.807, 2.05) is 19.9 Å². The van der Waals surface area contributed by atoms with Crippen molar-refractivity contribution in [2.75, 3.05) is 35.5 Å². The van der Waals surface area contributed by atoms with Gasteiger partial charge >= 0.3 is 0 Å². The number of hydrogen-bond acceptors (Lipinski definition) is 7. The first kappa shape index (κ1) is 24.6. The minimum atomic E-state index is -0.428. The third-order valence-corrected chi connectivity index (χ3v) is 5.60. The number of benzene rings is 3. The molecule has 0 N–H and O–H groups in total. The van der Waals surface area contributed by atoms with Crippen LogP contribution in [0.2, 0.25) is 0 Å². The standard InChI is InChI=1S/C27H28O7/c1-15-12-16(2)27(34-7)23(26(15)33-6)25(29)19-11-9-8-10-18(19)24(28)22-20(31-4)13-17(30-3)14-21(22)32-5/h8-14H,1-7H3. The van der Waals surface area contributed by atoms with E-state index in [-0.39, 0.29) is 33.8 Å². The van der Waals surface area contributed by atoms with Crippen LogP contribution in [0.5, 0.6) is 28.7 Å². The molecule has 0 saturated heterocycles. The molecule has 0 radical (unpaired) electrons. The van der Waals surface area contributed by atoms with Gasteiger partial charge in [-0.15, -0.1) is 0 Å². The monoisotopic (exact) mass is 464 g/mol. The summed E-state index contributed by atoms with van der Waals surface area (Å²) in [5.41, 5.74) is 2.41. The van der Waals surface area contributed by atoms with Crippen molar-refractivity contribution in [2.24, 2.45) is 0 Å². The van der Waals surface area contributed by atoms with Gasteiger partial charge in [0.25, 0.3) is 0 Å². The summed E-state index contributed by atoms with van der Waals surface area (Å²) in [6, 6.07) is 11.7. The summed E-state index contributed by atoms with van der Waals surface area (Å²) in [5, 5.41) is 0. The number of aryl methyl sites for hydroxylation is 2. The first-order valence-electron chi connectivity index (χ1n) is 10.5. The first-order valence-corrected chi connectivity index (χ1v) is 10.5. The third-order valence-electron chi connectivity index (χ3n) is 5.60. The number of ketones is 2. The van der Waals surface area contributed by atoms with Crippen LogP contribution in [0.15, 0.2) is 42.5 Å². The van der Waals surface area contributed by atoms with Crippen LogP contribution in [0, 0.1) is 13.8 Å². The van der Waals surface area contributed by atoms with Gasteiger partial charge < -0.3 is 23.7 Å². The van der Waals surface area contributed by atoms with Gasteiger partial charge in [0.2, 0.25) is 11.6 Å². The maximum absolute atomic E-state index is 13.9. The molecule has 0 bridgehead atoms. The second kappa shape index (κ2) is 10.3. The lowest BCUT2D eigenvalue weighted by Crippen LogP contribution is -2.15. The quantitative estimate of drug-likeness (QED) is 0.421. The molecule has 0 aliphatic heterocycles. The van der Waals surface area contributed by atoms with Crippen LogP contribution in [0.1, 0.15) is 43.0 Å². The van der Waals surface area contributed by atoms with E-state index in [2.05, 4.69) is 0 Å². The van der Waals surface area contributed by atoms with Gasteiger partial charge in [-0.2, -0.15) is 0 Å². The molecule has 0 aliphatic rings. The van der Waals surface area contributed by atoms with E-state index in [4.69, 9.17) is 23.7 Å². The number of hydrogen-bond donors (Lipinski definition) is 0. The van der Waals surface area contributed by atoms with E-state index in [1.165, 1.54) is 35.5 Å². The molecule has 3 aromatic rings. The van der Waals surface area contributed by atoms with Gasteiger partial charge in [-0.25, -0.2) is 0 Å². The van der Waals surface area contributed by atoms with Gasteiger partial charge in [-0.3, -0.25) is 9.59 Å². The van der Waals surface area contributed by atoms with Crippen molar-refractivity contribution < 1.29 is 33.3 Å². The van der Waals surface area contributed by atoms with E-state index >= 15 is 0 Å². The lowest BCUT2D eigenvalue weighted by Gasteiger charge is -2.19. The Kier molecular flexibility index (Phi) is 7.46. The van der Waals surface area contributed by atoms with E-state index in [1.54, 1.807) is 36.4 Å². The zero-order valence-corrected chi connectivity index (χ0v) is 20.4. The highest BCUT2D eigenvalue weighted by Gasteiger charge is 2.29. The molecular formula is C27H28O7.